The molecular formula is C21H25N3O4. The van der Waals surface area contributed by atoms with Crippen LogP contribution in [0.15, 0.2) is 53.5 Å². The van der Waals surface area contributed by atoms with Crippen molar-refractivity contribution in [3.63, 3.8) is 0 Å². The van der Waals surface area contributed by atoms with Gasteiger partial charge in [0.1, 0.15) is 6.10 Å². The van der Waals surface area contributed by atoms with Crippen molar-refractivity contribution in [3.05, 3.63) is 64.6 Å². The number of benzene rings is 1. The largest absolute Gasteiger partial charge is 0.368 e. The van der Waals surface area contributed by atoms with E-state index in [1.165, 1.54) is 6.07 Å². The van der Waals surface area contributed by atoms with Crippen molar-refractivity contribution < 1.29 is 14.3 Å². The number of nitrogens with one attached hydrogen (secondary N) is 2. The topological polar surface area (TPSA) is 89.4 Å². The summed E-state index contributed by atoms with van der Waals surface area (Å²) in [5.74, 6) is -0.365. The molecule has 28 heavy (non-hydrogen) atoms. The second kappa shape index (κ2) is 9.85. The lowest BCUT2D eigenvalue weighted by atomic mass is 10.1. The fourth-order valence-electron chi connectivity index (χ4n) is 3.10. The number of rotatable bonds is 8. The Hall–Kier alpha value is -2.93. The monoisotopic (exact) mass is 383 g/mol. The molecule has 1 aliphatic heterocycles. The fraction of sp³-hybridized carbons (Fsp3) is 0.381. The van der Waals surface area contributed by atoms with Crippen LogP contribution >= 0.6 is 0 Å². The first-order chi connectivity index (χ1) is 13.6. The molecule has 2 N–H and O–H groups in total. The molecule has 0 unspecified atom stereocenters. The highest BCUT2D eigenvalue weighted by molar-refractivity contribution is 5.98. The van der Waals surface area contributed by atoms with E-state index >= 15 is 0 Å². The van der Waals surface area contributed by atoms with Gasteiger partial charge in [-0.2, -0.15) is 0 Å². The van der Waals surface area contributed by atoms with Crippen LogP contribution < -0.4 is 16.2 Å². The number of anilines is 1. The van der Waals surface area contributed by atoms with Crippen molar-refractivity contribution in [1.82, 2.24) is 9.88 Å². The molecule has 3 rings (SSSR count). The number of carbonyl (C=O) groups excluding carboxylic acids is 2. The molecule has 7 heteroatoms. The van der Waals surface area contributed by atoms with Crippen LogP contribution in [0.2, 0.25) is 0 Å². The molecule has 0 aliphatic carbocycles. The second-order valence-electron chi connectivity index (χ2n) is 6.77. The first-order valence-corrected chi connectivity index (χ1v) is 9.60. The quantitative estimate of drug-likeness (QED) is 0.684. The number of aromatic nitrogens is 1. The maximum absolute atomic E-state index is 12.3. The average molecular weight is 383 g/mol. The smallest absolute Gasteiger partial charge is 0.253 e. The standard InChI is InChI=1S/C21H25N3O4/c25-19-10-1-3-12-24(19)13-4-2-11-22-20(26)16-7-5-8-17(15-16)23-21(27)18-9-6-14-28-18/h1,3,5,7-8,10,12,15,18H,2,4,6,9,11,13-14H2,(H,22,26)(H,23,27)/t18-/m0/s1. The predicted molar refractivity (Wildman–Crippen MR) is 106 cm³/mol. The van der Waals surface area contributed by atoms with Crippen molar-refractivity contribution >= 4 is 17.5 Å². The lowest BCUT2D eigenvalue weighted by Gasteiger charge is -2.11. The number of pyridine rings is 1. The Labute approximate surface area is 163 Å². The van der Waals surface area contributed by atoms with Crippen molar-refractivity contribution in [3.8, 4) is 0 Å². The third-order valence-electron chi connectivity index (χ3n) is 4.62. The minimum atomic E-state index is -0.408. The molecule has 1 aromatic heterocycles. The number of ether oxygens (including phenoxy) is 1. The molecule has 1 aliphatic rings. The van der Waals surface area contributed by atoms with E-state index in [2.05, 4.69) is 10.6 Å². The highest BCUT2D eigenvalue weighted by Gasteiger charge is 2.23. The van der Waals surface area contributed by atoms with Crippen LogP contribution in [0.3, 0.4) is 0 Å². The van der Waals surface area contributed by atoms with Crippen molar-refractivity contribution in [2.45, 2.75) is 38.3 Å². The van der Waals surface area contributed by atoms with E-state index in [1.54, 1.807) is 41.1 Å². The summed E-state index contributed by atoms with van der Waals surface area (Å²) in [5.41, 5.74) is 1.05. The number of amides is 2. The maximum atomic E-state index is 12.3. The van der Waals surface area contributed by atoms with Crippen LogP contribution in [0.25, 0.3) is 0 Å². The van der Waals surface area contributed by atoms with Crippen LogP contribution in [-0.2, 0) is 16.1 Å². The first-order valence-electron chi connectivity index (χ1n) is 9.60. The number of carbonyl (C=O) groups is 2. The molecule has 2 heterocycles. The summed E-state index contributed by atoms with van der Waals surface area (Å²) in [7, 11) is 0. The van der Waals surface area contributed by atoms with E-state index in [9.17, 15) is 14.4 Å². The van der Waals surface area contributed by atoms with E-state index in [0.29, 0.717) is 30.9 Å². The van der Waals surface area contributed by atoms with Gasteiger partial charge in [0, 0.05) is 43.2 Å². The molecule has 148 valence electrons. The van der Waals surface area contributed by atoms with Gasteiger partial charge in [0.05, 0.1) is 0 Å². The molecule has 7 nitrogen and oxygen atoms in total. The Morgan fingerprint density at radius 2 is 2.04 bits per heavy atom. The zero-order valence-electron chi connectivity index (χ0n) is 15.7. The number of unbranched alkanes of at least 4 members (excludes halogenated alkanes) is 1. The predicted octanol–water partition coefficient (Wildman–Crippen LogP) is 2.18. The highest BCUT2D eigenvalue weighted by Crippen LogP contribution is 2.16. The van der Waals surface area contributed by atoms with Crippen LogP contribution in [0.1, 0.15) is 36.0 Å². The van der Waals surface area contributed by atoms with Crippen molar-refractivity contribution in [2.75, 3.05) is 18.5 Å². The molecule has 1 aromatic carbocycles. The van der Waals surface area contributed by atoms with Crippen LogP contribution in [0, 0.1) is 0 Å². The molecule has 2 amide bonds. The number of hydrogen-bond donors (Lipinski definition) is 2. The summed E-state index contributed by atoms with van der Waals surface area (Å²) >= 11 is 0. The van der Waals surface area contributed by atoms with E-state index < -0.39 is 6.10 Å². The van der Waals surface area contributed by atoms with E-state index in [4.69, 9.17) is 4.74 Å². The molecule has 0 radical (unpaired) electrons. The molecule has 1 saturated heterocycles. The van der Waals surface area contributed by atoms with Gasteiger partial charge < -0.3 is 19.9 Å². The molecule has 1 atom stereocenters. The Balaban J connectivity index is 1.43. The van der Waals surface area contributed by atoms with Gasteiger partial charge in [0.2, 0.25) is 5.56 Å². The third kappa shape index (κ3) is 5.53. The zero-order chi connectivity index (χ0) is 19.8. The Bertz CT molecular complexity index is 872. The lowest BCUT2D eigenvalue weighted by Crippen LogP contribution is -2.27. The molecular weight excluding hydrogens is 358 g/mol. The van der Waals surface area contributed by atoms with Gasteiger partial charge in [-0.05, 0) is 49.9 Å². The summed E-state index contributed by atoms with van der Waals surface area (Å²) in [5, 5.41) is 5.67. The van der Waals surface area contributed by atoms with E-state index in [-0.39, 0.29) is 17.4 Å². The SMILES string of the molecule is O=C(NCCCCn1ccccc1=O)c1cccc(NC(=O)[C@@H]2CCCO2)c1. The minimum Gasteiger partial charge on any atom is -0.368 e. The molecule has 0 spiro atoms. The first kappa shape index (κ1) is 19.8. The number of aryl methyl sites for hydroxylation is 1. The fourth-order valence-corrected chi connectivity index (χ4v) is 3.10. The average Bonchev–Trinajstić information content (AvgIpc) is 3.24. The molecule has 2 aromatic rings. The van der Waals surface area contributed by atoms with Crippen LogP contribution in [0.4, 0.5) is 5.69 Å². The zero-order valence-corrected chi connectivity index (χ0v) is 15.7. The summed E-state index contributed by atoms with van der Waals surface area (Å²) in [6.45, 7) is 1.76. The molecule has 0 bridgehead atoms. The van der Waals surface area contributed by atoms with Crippen LogP contribution in [0.5, 0.6) is 0 Å². The van der Waals surface area contributed by atoms with Gasteiger partial charge in [-0.25, -0.2) is 0 Å². The van der Waals surface area contributed by atoms with Gasteiger partial charge in [-0.1, -0.05) is 12.1 Å². The van der Waals surface area contributed by atoms with Gasteiger partial charge in [0.15, 0.2) is 0 Å². The molecule has 1 fully saturated rings. The second-order valence-corrected chi connectivity index (χ2v) is 6.77. The lowest BCUT2D eigenvalue weighted by molar-refractivity contribution is -0.124. The number of nitrogens with zero attached hydrogens (tertiary/aromatic N) is 1. The van der Waals surface area contributed by atoms with Gasteiger partial charge >= 0.3 is 0 Å². The van der Waals surface area contributed by atoms with Gasteiger partial charge in [-0.3, -0.25) is 14.4 Å². The van der Waals surface area contributed by atoms with Crippen molar-refractivity contribution in [1.29, 1.82) is 0 Å². The normalized spacial score (nSPS) is 15.9. The summed E-state index contributed by atoms with van der Waals surface area (Å²) in [6, 6.07) is 11.9. The van der Waals surface area contributed by atoms with Crippen LogP contribution in [-0.4, -0.2) is 35.6 Å². The van der Waals surface area contributed by atoms with Gasteiger partial charge in [-0.15, -0.1) is 0 Å². The summed E-state index contributed by atoms with van der Waals surface area (Å²) < 4.78 is 7.02. The minimum absolute atomic E-state index is 0.0200. The summed E-state index contributed by atoms with van der Waals surface area (Å²) in [4.78, 5) is 36.1. The third-order valence-corrected chi connectivity index (χ3v) is 4.62. The highest BCUT2D eigenvalue weighted by atomic mass is 16.5. The Morgan fingerprint density at radius 1 is 1.14 bits per heavy atom. The Morgan fingerprint density at radius 3 is 2.82 bits per heavy atom. The Kier molecular flexibility index (Phi) is 6.97. The van der Waals surface area contributed by atoms with E-state index in [1.807, 2.05) is 6.07 Å². The van der Waals surface area contributed by atoms with Crippen molar-refractivity contribution in [2.24, 2.45) is 0 Å². The van der Waals surface area contributed by atoms with E-state index in [0.717, 1.165) is 25.7 Å². The molecule has 0 saturated carbocycles. The summed E-state index contributed by atoms with van der Waals surface area (Å²) in [6.07, 6.45) is 4.52. The van der Waals surface area contributed by atoms with Gasteiger partial charge in [0.25, 0.3) is 11.8 Å². The maximum Gasteiger partial charge on any atom is 0.253 e. The number of hydrogen-bond acceptors (Lipinski definition) is 4.